The highest BCUT2D eigenvalue weighted by Crippen LogP contribution is 2.41. The monoisotopic (exact) mass is 308 g/mol. The van der Waals surface area contributed by atoms with Gasteiger partial charge in [-0.05, 0) is 39.1 Å². The van der Waals surface area contributed by atoms with Crippen LogP contribution in [0.25, 0.3) is 32.7 Å². The van der Waals surface area contributed by atoms with E-state index in [-0.39, 0.29) is 5.78 Å². The molecule has 4 aromatic rings. The smallest absolute Gasteiger partial charge is 0.164 e. The third-order valence-electron chi connectivity index (χ3n) is 5.09. The molecule has 0 spiro atoms. The molecule has 0 radical (unpaired) electrons. The number of carbonyl (C=O) groups is 1. The van der Waals surface area contributed by atoms with Crippen LogP contribution in [-0.4, -0.2) is 5.78 Å². The van der Waals surface area contributed by atoms with Crippen LogP contribution in [-0.2, 0) is 6.42 Å². The molecule has 4 aromatic carbocycles. The van der Waals surface area contributed by atoms with Gasteiger partial charge in [-0.3, -0.25) is 4.79 Å². The third kappa shape index (κ3) is 1.85. The first-order valence-electron chi connectivity index (χ1n) is 8.39. The molecular weight excluding hydrogens is 292 g/mol. The Balaban J connectivity index is 1.99. The minimum Gasteiger partial charge on any atom is -0.294 e. The van der Waals surface area contributed by atoms with Crippen molar-refractivity contribution in [1.29, 1.82) is 0 Å². The highest BCUT2D eigenvalue weighted by Gasteiger charge is 2.26. The van der Waals surface area contributed by atoms with Gasteiger partial charge in [0, 0.05) is 17.5 Å². The van der Waals surface area contributed by atoms with Crippen LogP contribution in [0.4, 0.5) is 0 Å². The van der Waals surface area contributed by atoms with Gasteiger partial charge in [-0.1, -0.05) is 72.8 Å². The van der Waals surface area contributed by atoms with Gasteiger partial charge in [0.05, 0.1) is 0 Å². The van der Waals surface area contributed by atoms with E-state index < -0.39 is 0 Å². The average Bonchev–Trinajstić information content (AvgIpc) is 3.00. The molecule has 1 aliphatic rings. The van der Waals surface area contributed by atoms with E-state index in [1.807, 2.05) is 0 Å². The van der Waals surface area contributed by atoms with Crippen LogP contribution in [0.15, 0.2) is 72.8 Å². The van der Waals surface area contributed by atoms with Gasteiger partial charge in [0.15, 0.2) is 5.78 Å². The first kappa shape index (κ1) is 13.5. The lowest BCUT2D eigenvalue weighted by Crippen LogP contribution is -1.98. The second-order valence-corrected chi connectivity index (χ2v) is 6.46. The number of benzene rings is 4. The van der Waals surface area contributed by atoms with E-state index in [2.05, 4.69) is 72.8 Å². The summed E-state index contributed by atoms with van der Waals surface area (Å²) in [6.07, 6.45) is 1.49. The van der Waals surface area contributed by atoms with Crippen molar-refractivity contribution in [3.8, 4) is 11.1 Å². The van der Waals surface area contributed by atoms with Gasteiger partial charge in [-0.15, -0.1) is 0 Å². The summed E-state index contributed by atoms with van der Waals surface area (Å²) < 4.78 is 0. The molecule has 0 aliphatic heterocycles. The lowest BCUT2D eigenvalue weighted by Gasteiger charge is -2.15. The third-order valence-corrected chi connectivity index (χ3v) is 5.09. The Bertz CT molecular complexity index is 1120. The molecule has 0 unspecified atom stereocenters. The summed E-state index contributed by atoms with van der Waals surface area (Å²) in [5.74, 6) is 0.277. The molecular formula is C23H16O. The molecule has 0 atom stereocenters. The summed E-state index contributed by atoms with van der Waals surface area (Å²) in [4.78, 5) is 12.6. The van der Waals surface area contributed by atoms with Crippen molar-refractivity contribution in [3.05, 3.63) is 83.9 Å². The Labute approximate surface area is 140 Å². The number of hydrogen-bond acceptors (Lipinski definition) is 1. The summed E-state index contributed by atoms with van der Waals surface area (Å²) in [7, 11) is 0. The van der Waals surface area contributed by atoms with Gasteiger partial charge in [0.2, 0.25) is 0 Å². The molecule has 5 rings (SSSR count). The zero-order chi connectivity index (χ0) is 16.1. The molecule has 0 amide bonds. The van der Waals surface area contributed by atoms with Gasteiger partial charge in [0.1, 0.15) is 0 Å². The lowest BCUT2D eigenvalue weighted by molar-refractivity contribution is 0.0995. The van der Waals surface area contributed by atoms with E-state index in [9.17, 15) is 4.79 Å². The van der Waals surface area contributed by atoms with Crippen molar-refractivity contribution in [1.82, 2.24) is 0 Å². The number of Topliss-reactive ketones (excluding diaryl/α,β-unsaturated/α-hetero) is 1. The fourth-order valence-corrected chi connectivity index (χ4v) is 4.02. The van der Waals surface area contributed by atoms with Crippen LogP contribution in [0.5, 0.6) is 0 Å². The number of ketones is 1. The Morgan fingerprint density at radius 1 is 0.625 bits per heavy atom. The maximum atomic E-state index is 12.6. The van der Waals surface area contributed by atoms with Crippen molar-refractivity contribution in [2.45, 2.75) is 12.8 Å². The van der Waals surface area contributed by atoms with Crippen LogP contribution < -0.4 is 0 Å². The zero-order valence-corrected chi connectivity index (χ0v) is 13.3. The van der Waals surface area contributed by atoms with Crippen LogP contribution in [0.1, 0.15) is 22.3 Å². The van der Waals surface area contributed by atoms with Crippen LogP contribution in [0.3, 0.4) is 0 Å². The number of aryl methyl sites for hydroxylation is 1. The SMILES string of the molecule is O=C1CCc2cc3ccccc3c(-c3cccc4ccccc34)c21. The van der Waals surface area contributed by atoms with Gasteiger partial charge < -0.3 is 0 Å². The van der Waals surface area contributed by atoms with Gasteiger partial charge in [0.25, 0.3) is 0 Å². The van der Waals surface area contributed by atoms with Gasteiger partial charge in [-0.2, -0.15) is 0 Å². The quantitative estimate of drug-likeness (QED) is 0.435. The Kier molecular flexibility index (Phi) is 2.83. The normalized spacial score (nSPS) is 13.6. The van der Waals surface area contributed by atoms with Gasteiger partial charge >= 0.3 is 0 Å². The molecule has 0 fully saturated rings. The number of rotatable bonds is 1. The number of hydrogen-bond donors (Lipinski definition) is 0. The maximum absolute atomic E-state index is 12.6. The fourth-order valence-electron chi connectivity index (χ4n) is 4.02. The molecule has 0 saturated carbocycles. The predicted octanol–water partition coefficient (Wildman–Crippen LogP) is 5.79. The van der Waals surface area contributed by atoms with Crippen molar-refractivity contribution in [2.24, 2.45) is 0 Å². The molecule has 0 saturated heterocycles. The molecule has 0 N–H and O–H groups in total. The van der Waals surface area contributed by atoms with Crippen LogP contribution in [0.2, 0.25) is 0 Å². The van der Waals surface area contributed by atoms with E-state index in [0.717, 1.165) is 23.1 Å². The molecule has 0 aromatic heterocycles. The highest BCUT2D eigenvalue weighted by atomic mass is 16.1. The molecule has 114 valence electrons. The first-order valence-corrected chi connectivity index (χ1v) is 8.39. The number of carbonyl (C=O) groups excluding carboxylic acids is 1. The summed E-state index contributed by atoms with van der Waals surface area (Å²) in [5, 5.41) is 4.80. The second-order valence-electron chi connectivity index (χ2n) is 6.46. The summed E-state index contributed by atoms with van der Waals surface area (Å²) in [6, 6.07) is 25.4. The van der Waals surface area contributed by atoms with E-state index in [0.29, 0.717) is 6.42 Å². The summed E-state index contributed by atoms with van der Waals surface area (Å²) in [6.45, 7) is 0. The molecule has 0 heterocycles. The van der Waals surface area contributed by atoms with Gasteiger partial charge in [-0.25, -0.2) is 0 Å². The van der Waals surface area contributed by atoms with Crippen molar-refractivity contribution < 1.29 is 4.79 Å². The standard InChI is InChI=1S/C23H16O/c24-21-13-12-17-14-16-7-2-4-10-19(16)23(22(17)21)20-11-5-8-15-6-1-3-9-18(15)20/h1-11,14H,12-13H2. The fraction of sp³-hybridized carbons (Fsp3) is 0.0870. The Morgan fingerprint density at radius 3 is 2.21 bits per heavy atom. The Morgan fingerprint density at radius 2 is 1.33 bits per heavy atom. The van der Waals surface area contributed by atoms with Crippen molar-refractivity contribution in [3.63, 3.8) is 0 Å². The molecule has 24 heavy (non-hydrogen) atoms. The summed E-state index contributed by atoms with van der Waals surface area (Å²) >= 11 is 0. The largest absolute Gasteiger partial charge is 0.294 e. The highest BCUT2D eigenvalue weighted by molar-refractivity contribution is 6.16. The molecule has 0 bridgehead atoms. The average molecular weight is 308 g/mol. The maximum Gasteiger partial charge on any atom is 0.164 e. The van der Waals surface area contributed by atoms with Crippen molar-refractivity contribution in [2.75, 3.05) is 0 Å². The minimum absolute atomic E-state index is 0.277. The molecule has 1 heteroatoms. The van der Waals surface area contributed by atoms with E-state index in [1.165, 1.54) is 27.1 Å². The van der Waals surface area contributed by atoms with Crippen molar-refractivity contribution >= 4 is 27.3 Å². The topological polar surface area (TPSA) is 17.1 Å². The van der Waals surface area contributed by atoms with Crippen LogP contribution in [0, 0.1) is 0 Å². The molecule has 1 aliphatic carbocycles. The van der Waals surface area contributed by atoms with Crippen LogP contribution >= 0.6 is 0 Å². The lowest BCUT2D eigenvalue weighted by atomic mass is 9.88. The van der Waals surface area contributed by atoms with E-state index in [1.54, 1.807) is 0 Å². The first-order chi connectivity index (χ1) is 11.8. The summed E-state index contributed by atoms with van der Waals surface area (Å²) in [5.41, 5.74) is 4.41. The predicted molar refractivity (Wildman–Crippen MR) is 99.5 cm³/mol. The minimum atomic E-state index is 0.277. The van der Waals surface area contributed by atoms with E-state index in [4.69, 9.17) is 0 Å². The number of fused-ring (bicyclic) bond motifs is 3. The van der Waals surface area contributed by atoms with E-state index >= 15 is 0 Å². The Hall–Kier alpha value is -2.93. The second kappa shape index (κ2) is 5.04. The molecule has 1 nitrogen and oxygen atoms in total. The zero-order valence-electron chi connectivity index (χ0n) is 13.3.